The zero-order chi connectivity index (χ0) is 48.6. The molecule has 3 fully saturated rings. The summed E-state index contributed by atoms with van der Waals surface area (Å²) in [7, 11) is -8.71. The summed E-state index contributed by atoms with van der Waals surface area (Å²) < 4.78 is 52.4. The minimum absolute atomic E-state index is 0.0101. The summed E-state index contributed by atoms with van der Waals surface area (Å²) in [6, 6.07) is 6.50. The third-order valence-electron chi connectivity index (χ3n) is 16.1. The molecule has 11 heteroatoms. The van der Waals surface area contributed by atoms with Gasteiger partial charge >= 0.3 is 0 Å². The van der Waals surface area contributed by atoms with Gasteiger partial charge in [0.15, 0.2) is 39.1 Å². The van der Waals surface area contributed by atoms with Crippen LogP contribution < -0.4 is 0 Å². The van der Waals surface area contributed by atoms with E-state index in [1.807, 2.05) is 12.2 Å². The van der Waals surface area contributed by atoms with E-state index in [0.29, 0.717) is 13.0 Å². The maximum Gasteiger partial charge on any atom is 0.192 e. The van der Waals surface area contributed by atoms with Gasteiger partial charge in [0.1, 0.15) is 18.3 Å². The molecule has 0 unspecified atom stereocenters. The molecule has 1 saturated carbocycles. The molecular weight excluding hydrogens is 873 g/mol. The number of rotatable bonds is 27. The summed E-state index contributed by atoms with van der Waals surface area (Å²) in [5.74, 6) is -0.615. The zero-order valence-electron chi connectivity index (χ0n) is 44.8. The molecule has 1 aliphatic carbocycles. The Bertz CT molecular complexity index is 1530. The van der Waals surface area contributed by atoms with Crippen LogP contribution in [-0.4, -0.2) is 88.4 Å². The molecule has 65 heavy (non-hydrogen) atoms. The summed E-state index contributed by atoms with van der Waals surface area (Å²) in [4.78, 5) is 0. The van der Waals surface area contributed by atoms with Gasteiger partial charge in [-0.15, -0.1) is 0 Å². The van der Waals surface area contributed by atoms with Crippen LogP contribution in [-0.2, 0) is 31.9 Å². The first-order valence-corrected chi connectivity index (χ1v) is 37.0. The molecule has 0 amide bonds. The lowest BCUT2D eigenvalue weighted by molar-refractivity contribution is -0.231. The van der Waals surface area contributed by atoms with Crippen molar-refractivity contribution in [3.05, 3.63) is 73.4 Å². The van der Waals surface area contributed by atoms with Crippen molar-refractivity contribution < 1.29 is 31.9 Å². The fourth-order valence-electron chi connectivity index (χ4n) is 9.09. The maximum atomic E-state index is 7.73. The molecular formula is C54H100O7Si4. The normalized spacial score (nSPS) is 25.8. The Balaban J connectivity index is 2.13. The molecule has 1 spiro atoms. The smallest absolute Gasteiger partial charge is 0.192 e. The van der Waals surface area contributed by atoms with Crippen molar-refractivity contribution in [3.63, 3.8) is 0 Å². The monoisotopic (exact) mass is 973 g/mol. The molecule has 374 valence electrons. The molecule has 0 N–H and O–H groups in total. The van der Waals surface area contributed by atoms with E-state index in [-0.39, 0.29) is 46.7 Å². The molecule has 0 aromatic carbocycles. The van der Waals surface area contributed by atoms with E-state index in [4.69, 9.17) is 31.9 Å². The topological polar surface area (TPSA) is 64.6 Å². The molecule has 7 nitrogen and oxygen atoms in total. The van der Waals surface area contributed by atoms with Crippen LogP contribution in [0.15, 0.2) is 73.4 Å². The largest absolute Gasteiger partial charge is 0.414 e. The van der Waals surface area contributed by atoms with Crippen LogP contribution in [0.1, 0.15) is 141 Å². The first-order valence-electron chi connectivity index (χ1n) is 26.2. The molecule has 0 radical (unpaired) electrons. The van der Waals surface area contributed by atoms with Crippen molar-refractivity contribution in [2.75, 3.05) is 6.61 Å². The van der Waals surface area contributed by atoms with Crippen molar-refractivity contribution in [1.82, 2.24) is 0 Å². The van der Waals surface area contributed by atoms with Gasteiger partial charge < -0.3 is 31.9 Å². The Kier molecular flexibility index (Phi) is 23.6. The van der Waals surface area contributed by atoms with Crippen molar-refractivity contribution in [3.8, 4) is 0 Å². The van der Waals surface area contributed by atoms with Crippen LogP contribution in [0.2, 0.25) is 72.5 Å². The average molecular weight is 974 g/mol. The highest BCUT2D eigenvalue weighted by atomic mass is 28.4. The number of allylic oxidation sites excluding steroid dienone is 10. The Labute approximate surface area is 405 Å². The number of ether oxygens (including phenoxy) is 3. The highest BCUT2D eigenvalue weighted by Gasteiger charge is 2.59. The van der Waals surface area contributed by atoms with Gasteiger partial charge in [0, 0.05) is 19.3 Å². The Morgan fingerprint density at radius 3 is 1.62 bits per heavy atom. The van der Waals surface area contributed by atoms with E-state index < -0.39 is 45.2 Å². The third kappa shape index (κ3) is 16.6. The summed E-state index contributed by atoms with van der Waals surface area (Å²) in [6.45, 7) is 41.8. The predicted molar refractivity (Wildman–Crippen MR) is 288 cm³/mol. The molecule has 0 aromatic rings. The predicted octanol–water partition coefficient (Wildman–Crippen LogP) is 15.9. The van der Waals surface area contributed by atoms with Gasteiger partial charge in [-0.25, -0.2) is 0 Å². The molecule has 3 aliphatic rings. The van der Waals surface area contributed by atoms with Crippen LogP contribution in [0.4, 0.5) is 0 Å². The fraction of sp³-hybridized carbons (Fsp3) is 0.778. The molecule has 7 atom stereocenters. The highest BCUT2D eigenvalue weighted by Crippen LogP contribution is 2.49. The van der Waals surface area contributed by atoms with E-state index in [0.717, 1.165) is 87.6 Å². The van der Waals surface area contributed by atoms with Gasteiger partial charge in [-0.1, -0.05) is 157 Å². The van der Waals surface area contributed by atoms with Crippen LogP contribution in [0.3, 0.4) is 0 Å². The summed E-state index contributed by atoms with van der Waals surface area (Å²) in [5, 5.41) is -0.00446. The second-order valence-corrected chi connectivity index (χ2v) is 41.4. The molecule has 0 bridgehead atoms. The number of hydrogen-bond acceptors (Lipinski definition) is 7. The van der Waals surface area contributed by atoms with Gasteiger partial charge in [0.25, 0.3) is 0 Å². The summed E-state index contributed by atoms with van der Waals surface area (Å²) in [6.07, 6.45) is 30.0. The summed E-state index contributed by atoms with van der Waals surface area (Å²) >= 11 is 0. The van der Waals surface area contributed by atoms with Crippen LogP contribution >= 0.6 is 0 Å². The lowest BCUT2D eigenvalue weighted by atomic mass is 9.90. The summed E-state index contributed by atoms with van der Waals surface area (Å²) in [5.41, 5.74) is 0. The Morgan fingerprint density at radius 2 is 1.12 bits per heavy atom. The molecule has 2 aliphatic heterocycles. The minimum Gasteiger partial charge on any atom is -0.414 e. The van der Waals surface area contributed by atoms with Crippen LogP contribution in [0.25, 0.3) is 0 Å². The second kappa shape index (κ2) is 26.3. The van der Waals surface area contributed by atoms with Gasteiger partial charge in [-0.05, 0) is 111 Å². The quantitative estimate of drug-likeness (QED) is 0.0352. The zero-order valence-corrected chi connectivity index (χ0v) is 48.8. The Morgan fingerprint density at radius 1 is 0.631 bits per heavy atom. The van der Waals surface area contributed by atoms with Gasteiger partial charge in [0.2, 0.25) is 0 Å². The first kappa shape index (κ1) is 58.3. The van der Waals surface area contributed by atoms with Crippen molar-refractivity contribution in [2.24, 2.45) is 0 Å². The van der Waals surface area contributed by atoms with E-state index in [1.165, 1.54) is 0 Å². The molecule has 2 saturated heterocycles. The van der Waals surface area contributed by atoms with E-state index >= 15 is 0 Å². The fourth-order valence-corrected chi connectivity index (χ4v) is 17.2. The number of hydrogen-bond donors (Lipinski definition) is 0. The molecule has 0 aromatic heterocycles. The lowest BCUT2D eigenvalue weighted by Crippen LogP contribution is -2.65. The van der Waals surface area contributed by atoms with E-state index in [2.05, 4.69) is 171 Å². The highest BCUT2D eigenvalue weighted by molar-refractivity contribution is 6.75. The lowest BCUT2D eigenvalue weighted by Gasteiger charge is -2.53. The molecule has 2 heterocycles. The van der Waals surface area contributed by atoms with Gasteiger partial charge in [-0.3, -0.25) is 0 Å². The SMILES string of the molecule is C=C/C=C/CC/C=C/C=C/C=C/CC/C=C/[C@H]1OC2(CCCC2)O[C@@H]1[C@@H]1O[C@@H]([C@@H](CO[Si](CC)(CC)CC)O[Si](CC)(CC)CC)C[C@@H](O[Si](C)(C)C(C)(C)C)[C@H]1O[Si](C)(C)C(C)(C)C. The van der Waals surface area contributed by atoms with Crippen LogP contribution in [0.5, 0.6) is 0 Å². The van der Waals surface area contributed by atoms with E-state index in [1.54, 1.807) is 0 Å². The molecule has 3 rings (SSSR count). The van der Waals surface area contributed by atoms with Crippen molar-refractivity contribution >= 4 is 33.3 Å². The van der Waals surface area contributed by atoms with Gasteiger partial charge in [-0.2, -0.15) is 0 Å². The third-order valence-corrected chi connectivity index (χ3v) is 34.4. The Hall–Kier alpha value is -0.972. The minimum atomic E-state index is -2.36. The van der Waals surface area contributed by atoms with Crippen molar-refractivity contribution in [1.29, 1.82) is 0 Å². The first-order chi connectivity index (χ1) is 30.6. The maximum absolute atomic E-state index is 7.73. The standard InChI is InChI=1S/C54H100O7Si4/c1-18-25-26-27-28-29-30-31-32-33-34-35-36-37-40-45-49(58-54(57-45)41-38-39-42-54)51-50(61-63(16,17)53(11,12)13)47(59-62(14,15)52(8,9)10)43-46(56-51)48(60-65(22-5,23-6)24-7)44-55-64(19-2,20-3)21-4/h18,25-26,29-34,37,40,45-51H,1,19-24,27-28,35-36,38-39,41-44H2,2-17H3/b26-25+,30-29+,32-31+,34-33+,40-37+/t45-,46-,47-,48-,49+,50-,51+/m1/s1. The second-order valence-electron chi connectivity index (χ2n) is 22.4. The van der Waals surface area contributed by atoms with Gasteiger partial charge in [0.05, 0.1) is 31.0 Å². The van der Waals surface area contributed by atoms with Crippen molar-refractivity contribution in [2.45, 2.75) is 262 Å². The van der Waals surface area contributed by atoms with Crippen LogP contribution in [0, 0.1) is 0 Å². The van der Waals surface area contributed by atoms with E-state index in [9.17, 15) is 0 Å². The average Bonchev–Trinajstić information content (AvgIpc) is 3.87. The number of unbranched alkanes of at least 4 members (excludes halogenated alkanes) is 2.